The number of nitrogens with zero attached hydrogens (tertiary/aromatic N) is 3. The Kier molecular flexibility index (Phi) is 9.54. The van der Waals surface area contributed by atoms with Gasteiger partial charge in [0, 0.05) is 42.5 Å². The van der Waals surface area contributed by atoms with Crippen molar-refractivity contribution in [2.75, 3.05) is 25.5 Å². The Balaban J connectivity index is 1.39. The predicted molar refractivity (Wildman–Crippen MR) is 160 cm³/mol. The number of aryl methyl sites for hydroxylation is 1. The van der Waals surface area contributed by atoms with Gasteiger partial charge in [-0.15, -0.1) is 0 Å². The molecule has 0 aliphatic carbocycles. The zero-order chi connectivity index (χ0) is 29.5. The maximum absolute atomic E-state index is 12.9. The molecule has 1 aromatic heterocycles. The van der Waals surface area contributed by atoms with E-state index in [0.717, 1.165) is 11.3 Å². The molecule has 0 saturated heterocycles. The third-order valence-electron chi connectivity index (χ3n) is 6.17. The normalized spacial score (nSPS) is 11.0. The van der Waals surface area contributed by atoms with Gasteiger partial charge in [-0.05, 0) is 55.0 Å². The van der Waals surface area contributed by atoms with Gasteiger partial charge in [0.05, 0.1) is 28.5 Å². The quantitative estimate of drug-likeness (QED) is 0.265. The highest BCUT2D eigenvalue weighted by Crippen LogP contribution is 2.35. The van der Waals surface area contributed by atoms with Gasteiger partial charge in [-0.2, -0.15) is 0 Å². The number of hydrogen-bond donors (Lipinski definition) is 2. The molecule has 11 heteroatoms. The fourth-order valence-electron chi connectivity index (χ4n) is 3.87. The number of para-hydroxylation sites is 1. The molecule has 3 aromatic carbocycles. The van der Waals surface area contributed by atoms with Gasteiger partial charge < -0.3 is 20.3 Å². The van der Waals surface area contributed by atoms with E-state index in [2.05, 4.69) is 20.6 Å². The molecule has 0 fully saturated rings. The van der Waals surface area contributed by atoms with Crippen LogP contribution in [0.15, 0.2) is 66.9 Å². The van der Waals surface area contributed by atoms with Crippen LogP contribution in [0.3, 0.4) is 0 Å². The van der Waals surface area contributed by atoms with Gasteiger partial charge >= 0.3 is 0 Å². The summed E-state index contributed by atoms with van der Waals surface area (Å²) in [5, 5.41) is 5.75. The van der Waals surface area contributed by atoms with Gasteiger partial charge in [0.2, 0.25) is 11.8 Å². The first-order valence-corrected chi connectivity index (χ1v) is 13.3. The number of benzene rings is 3. The van der Waals surface area contributed by atoms with Gasteiger partial charge in [0.25, 0.3) is 5.91 Å². The second-order valence-electron chi connectivity index (χ2n) is 8.99. The summed E-state index contributed by atoms with van der Waals surface area (Å²) in [5.74, 6) is -0.515. The number of carbonyl (C=O) groups excluding carboxylic acids is 3. The molecular weight excluding hydrogens is 565 g/mol. The van der Waals surface area contributed by atoms with E-state index in [1.165, 1.54) is 11.0 Å². The largest absolute Gasteiger partial charge is 0.486 e. The van der Waals surface area contributed by atoms with E-state index in [9.17, 15) is 14.4 Å². The van der Waals surface area contributed by atoms with Crippen molar-refractivity contribution in [1.82, 2.24) is 20.6 Å². The van der Waals surface area contributed by atoms with Crippen molar-refractivity contribution in [2.24, 2.45) is 0 Å². The average Bonchev–Trinajstić information content (AvgIpc) is 2.98. The molecule has 3 amide bonds. The number of aromatic nitrogens is 2. The predicted octanol–water partition coefficient (Wildman–Crippen LogP) is 4.98. The van der Waals surface area contributed by atoms with Crippen molar-refractivity contribution in [3.05, 3.63) is 99.3 Å². The fourth-order valence-corrected chi connectivity index (χ4v) is 4.48. The van der Waals surface area contributed by atoms with Crippen molar-refractivity contribution in [2.45, 2.75) is 13.5 Å². The Morgan fingerprint density at radius 3 is 2.54 bits per heavy atom. The molecule has 9 nitrogen and oxygen atoms in total. The highest BCUT2D eigenvalue weighted by molar-refractivity contribution is 6.38. The Morgan fingerprint density at radius 2 is 1.80 bits per heavy atom. The van der Waals surface area contributed by atoms with Crippen LogP contribution in [-0.2, 0) is 16.2 Å². The fraction of sp³-hybridized carbons (Fsp3) is 0.167. The lowest BCUT2D eigenvalue weighted by atomic mass is 10.1. The number of fused-ring (bicyclic) bond motifs is 1. The Labute approximate surface area is 247 Å². The van der Waals surface area contributed by atoms with Crippen LogP contribution >= 0.6 is 23.2 Å². The number of ether oxygens (including phenoxy) is 1. The maximum atomic E-state index is 12.9. The van der Waals surface area contributed by atoms with Gasteiger partial charge in [0.1, 0.15) is 17.9 Å². The third kappa shape index (κ3) is 7.19. The molecule has 0 radical (unpaired) electrons. The van der Waals surface area contributed by atoms with Crippen LogP contribution in [-0.4, -0.2) is 48.3 Å². The van der Waals surface area contributed by atoms with Crippen LogP contribution < -0.4 is 20.3 Å². The minimum Gasteiger partial charge on any atom is -0.486 e. The first-order valence-electron chi connectivity index (χ1n) is 12.5. The van der Waals surface area contributed by atoms with Crippen molar-refractivity contribution in [3.63, 3.8) is 0 Å². The lowest BCUT2D eigenvalue weighted by Crippen LogP contribution is -2.37. The van der Waals surface area contributed by atoms with E-state index in [1.807, 2.05) is 19.1 Å². The van der Waals surface area contributed by atoms with Gasteiger partial charge in [-0.1, -0.05) is 41.4 Å². The van der Waals surface area contributed by atoms with E-state index in [4.69, 9.17) is 27.9 Å². The van der Waals surface area contributed by atoms with Gasteiger partial charge in [0.15, 0.2) is 0 Å². The Hall–Kier alpha value is -4.47. The second-order valence-corrected chi connectivity index (χ2v) is 9.77. The van der Waals surface area contributed by atoms with Crippen LogP contribution in [0.5, 0.6) is 5.75 Å². The second kappa shape index (κ2) is 13.3. The third-order valence-corrected chi connectivity index (χ3v) is 6.95. The molecule has 1 heterocycles. The molecule has 0 atom stereocenters. The first-order chi connectivity index (χ1) is 19.7. The van der Waals surface area contributed by atoms with Crippen LogP contribution in [0.25, 0.3) is 17.1 Å². The van der Waals surface area contributed by atoms with Crippen LogP contribution in [0, 0.1) is 6.92 Å². The molecule has 0 spiro atoms. The molecule has 0 aliphatic heterocycles. The summed E-state index contributed by atoms with van der Waals surface area (Å²) in [6.45, 7) is 1.63. The molecule has 41 heavy (non-hydrogen) atoms. The molecular formula is C30H27Cl2N5O4. The monoisotopic (exact) mass is 591 g/mol. The molecule has 2 N–H and O–H groups in total. The number of carbonyl (C=O) groups is 3. The van der Waals surface area contributed by atoms with Crippen molar-refractivity contribution in [3.8, 4) is 5.75 Å². The lowest BCUT2D eigenvalue weighted by molar-refractivity contribution is -0.122. The zero-order valence-electron chi connectivity index (χ0n) is 22.6. The summed E-state index contributed by atoms with van der Waals surface area (Å²) in [6.07, 6.45) is 4.58. The van der Waals surface area contributed by atoms with Crippen LogP contribution in [0.2, 0.25) is 10.0 Å². The lowest BCUT2D eigenvalue weighted by Gasteiger charge is -2.21. The minimum absolute atomic E-state index is 0.0356. The highest BCUT2D eigenvalue weighted by Gasteiger charge is 2.19. The minimum atomic E-state index is -0.452. The zero-order valence-corrected chi connectivity index (χ0v) is 24.1. The molecule has 210 valence electrons. The number of amides is 3. The molecule has 0 saturated carbocycles. The molecule has 4 aromatic rings. The van der Waals surface area contributed by atoms with Crippen molar-refractivity contribution < 1.29 is 19.1 Å². The smallest absolute Gasteiger partial charge is 0.251 e. The van der Waals surface area contributed by atoms with E-state index >= 15 is 0 Å². The number of nitrogens with one attached hydrogen (secondary N) is 2. The van der Waals surface area contributed by atoms with E-state index < -0.39 is 11.8 Å². The summed E-state index contributed by atoms with van der Waals surface area (Å²) in [6, 6.07) is 15.4. The summed E-state index contributed by atoms with van der Waals surface area (Å²) in [7, 11) is 3.11. The van der Waals surface area contributed by atoms with E-state index in [0.29, 0.717) is 38.6 Å². The Bertz CT molecular complexity index is 1640. The van der Waals surface area contributed by atoms with E-state index in [-0.39, 0.29) is 24.1 Å². The highest BCUT2D eigenvalue weighted by atomic mass is 35.5. The van der Waals surface area contributed by atoms with E-state index in [1.54, 1.807) is 68.8 Å². The number of likely N-dealkylation sites (N-methyl/N-ethyl adjacent to an activating group) is 1. The van der Waals surface area contributed by atoms with Crippen molar-refractivity contribution in [1.29, 1.82) is 0 Å². The first kappa shape index (κ1) is 29.5. The Morgan fingerprint density at radius 1 is 1.05 bits per heavy atom. The topological polar surface area (TPSA) is 114 Å². The summed E-state index contributed by atoms with van der Waals surface area (Å²) >= 11 is 13.1. The summed E-state index contributed by atoms with van der Waals surface area (Å²) in [4.78, 5) is 47.0. The van der Waals surface area contributed by atoms with Gasteiger partial charge in [-0.25, -0.2) is 4.98 Å². The van der Waals surface area contributed by atoms with Gasteiger partial charge in [-0.3, -0.25) is 19.4 Å². The maximum Gasteiger partial charge on any atom is 0.251 e. The molecule has 0 unspecified atom stereocenters. The SMILES string of the molecule is CNC(=O)c1ccc(C=CC(=O)NCC(=O)N(C)c2ccc(Cl)c(COc3cccc4ncc(C)nc34)c2Cl)cc1. The summed E-state index contributed by atoms with van der Waals surface area (Å²) in [5.41, 5.74) is 4.22. The molecule has 0 bridgehead atoms. The number of halogens is 2. The van der Waals surface area contributed by atoms with Crippen LogP contribution in [0.1, 0.15) is 27.2 Å². The standard InChI is InChI=1S/C30H27Cl2N5O4/c1-18-15-34-23-5-4-6-25(29(23)36-18)41-17-21-22(31)12-13-24(28(21)32)37(3)27(39)16-35-26(38)14-9-19-7-10-20(11-8-19)30(40)33-2/h4-15H,16-17H2,1-3H3,(H,33,40)(H,35,38). The molecule has 0 aliphatic rings. The number of anilines is 1. The average molecular weight is 592 g/mol. The van der Waals surface area contributed by atoms with Crippen molar-refractivity contribution >= 4 is 63.7 Å². The number of hydrogen-bond acceptors (Lipinski definition) is 6. The summed E-state index contributed by atoms with van der Waals surface area (Å²) < 4.78 is 6.02. The molecule has 4 rings (SSSR count). The number of rotatable bonds is 9. The van der Waals surface area contributed by atoms with Crippen LogP contribution in [0.4, 0.5) is 5.69 Å².